The predicted octanol–water partition coefficient (Wildman–Crippen LogP) is 4.83. The van der Waals surface area contributed by atoms with Gasteiger partial charge in [-0.25, -0.2) is 8.78 Å². The van der Waals surface area contributed by atoms with E-state index in [0.717, 1.165) is 22.8 Å². The Balaban J connectivity index is 1.63. The molecule has 0 spiro atoms. The first kappa shape index (κ1) is 17.8. The van der Waals surface area contributed by atoms with E-state index in [1.54, 1.807) is 7.05 Å². The Morgan fingerprint density at radius 1 is 0.885 bits per heavy atom. The molecule has 132 valence electrons. The summed E-state index contributed by atoms with van der Waals surface area (Å²) in [6.07, 6.45) is 0.231. The molecule has 0 aliphatic carbocycles. The molecule has 1 amide bonds. The quantitative estimate of drug-likeness (QED) is 0.644. The molecule has 0 saturated heterocycles. The van der Waals surface area contributed by atoms with Crippen molar-refractivity contribution in [1.82, 2.24) is 4.90 Å². The summed E-state index contributed by atoms with van der Waals surface area (Å²) in [7, 11) is 1.61. The molecule has 0 bridgehead atoms. The minimum absolute atomic E-state index is 0.104. The van der Waals surface area contributed by atoms with Crippen LogP contribution < -0.4 is 0 Å². The molecule has 0 aliphatic heterocycles. The first-order valence-corrected chi connectivity index (χ1v) is 8.35. The van der Waals surface area contributed by atoms with E-state index in [0.29, 0.717) is 5.56 Å². The lowest BCUT2D eigenvalue weighted by Crippen LogP contribution is -2.28. The molecule has 0 N–H and O–H groups in total. The third-order valence-electron chi connectivity index (χ3n) is 4.26. The molecular weight excluding hydrogens is 332 g/mol. The van der Waals surface area contributed by atoms with Crippen LogP contribution in [0.15, 0.2) is 72.8 Å². The van der Waals surface area contributed by atoms with Gasteiger partial charge in [0.05, 0.1) is 6.42 Å². The standard InChI is InChI=1S/C22H19F2NO/c1-25(15-19-11-12-20(23)14-21(19)24)22(26)13-16-7-9-18(10-8-16)17-5-3-2-4-6-17/h2-12,14H,13,15H2,1H3. The summed E-state index contributed by atoms with van der Waals surface area (Å²) in [5, 5.41) is 0. The van der Waals surface area contributed by atoms with Crippen LogP contribution in [0.5, 0.6) is 0 Å². The Morgan fingerprint density at radius 3 is 2.19 bits per heavy atom. The zero-order valence-corrected chi connectivity index (χ0v) is 14.5. The van der Waals surface area contributed by atoms with Crippen LogP contribution in [0, 0.1) is 11.6 Å². The molecular formula is C22H19F2NO. The van der Waals surface area contributed by atoms with Gasteiger partial charge in [0.1, 0.15) is 11.6 Å². The highest BCUT2D eigenvalue weighted by Gasteiger charge is 2.13. The van der Waals surface area contributed by atoms with E-state index < -0.39 is 11.6 Å². The van der Waals surface area contributed by atoms with E-state index in [1.807, 2.05) is 54.6 Å². The summed E-state index contributed by atoms with van der Waals surface area (Å²) in [6.45, 7) is 0.104. The van der Waals surface area contributed by atoms with Gasteiger partial charge in [-0.2, -0.15) is 0 Å². The Labute approximate surface area is 151 Å². The van der Waals surface area contributed by atoms with Gasteiger partial charge >= 0.3 is 0 Å². The van der Waals surface area contributed by atoms with Gasteiger partial charge in [-0.3, -0.25) is 4.79 Å². The van der Waals surface area contributed by atoms with Crippen molar-refractivity contribution in [3.05, 3.63) is 95.6 Å². The molecule has 0 unspecified atom stereocenters. The van der Waals surface area contributed by atoms with Crippen molar-refractivity contribution >= 4 is 5.91 Å². The topological polar surface area (TPSA) is 20.3 Å². The van der Waals surface area contributed by atoms with Crippen LogP contribution in [-0.2, 0) is 17.8 Å². The maximum absolute atomic E-state index is 13.7. The number of carbonyl (C=O) groups is 1. The van der Waals surface area contributed by atoms with Crippen LogP contribution in [0.4, 0.5) is 8.78 Å². The van der Waals surface area contributed by atoms with E-state index in [4.69, 9.17) is 0 Å². The third kappa shape index (κ3) is 4.33. The van der Waals surface area contributed by atoms with Crippen molar-refractivity contribution in [3.63, 3.8) is 0 Å². The van der Waals surface area contributed by atoms with E-state index >= 15 is 0 Å². The molecule has 2 nitrogen and oxygen atoms in total. The van der Waals surface area contributed by atoms with E-state index in [1.165, 1.54) is 17.0 Å². The van der Waals surface area contributed by atoms with Gasteiger partial charge < -0.3 is 4.90 Å². The number of amides is 1. The number of nitrogens with zero attached hydrogens (tertiary/aromatic N) is 1. The molecule has 26 heavy (non-hydrogen) atoms. The highest BCUT2D eigenvalue weighted by molar-refractivity contribution is 5.78. The van der Waals surface area contributed by atoms with Crippen molar-refractivity contribution in [2.24, 2.45) is 0 Å². The Kier molecular flexibility index (Phi) is 5.42. The lowest BCUT2D eigenvalue weighted by molar-refractivity contribution is -0.129. The van der Waals surface area contributed by atoms with Gasteiger partial charge in [-0.15, -0.1) is 0 Å². The molecule has 0 aromatic heterocycles. The molecule has 0 atom stereocenters. The maximum Gasteiger partial charge on any atom is 0.227 e. The van der Waals surface area contributed by atoms with Crippen LogP contribution in [0.3, 0.4) is 0 Å². The molecule has 3 aromatic carbocycles. The van der Waals surface area contributed by atoms with Gasteiger partial charge in [-0.05, 0) is 22.8 Å². The maximum atomic E-state index is 13.7. The molecule has 3 rings (SSSR count). The molecule has 0 saturated carbocycles. The highest BCUT2D eigenvalue weighted by atomic mass is 19.1. The Hall–Kier alpha value is -3.01. The number of benzene rings is 3. The second-order valence-corrected chi connectivity index (χ2v) is 6.23. The molecule has 0 fully saturated rings. The summed E-state index contributed by atoms with van der Waals surface area (Å²) in [5.41, 5.74) is 3.39. The highest BCUT2D eigenvalue weighted by Crippen LogP contribution is 2.20. The van der Waals surface area contributed by atoms with Crippen molar-refractivity contribution in [2.45, 2.75) is 13.0 Å². The average molecular weight is 351 g/mol. The lowest BCUT2D eigenvalue weighted by Gasteiger charge is -2.18. The predicted molar refractivity (Wildman–Crippen MR) is 98.4 cm³/mol. The summed E-state index contributed by atoms with van der Waals surface area (Å²) in [4.78, 5) is 13.8. The van der Waals surface area contributed by atoms with E-state index in [9.17, 15) is 13.6 Å². The summed E-state index contributed by atoms with van der Waals surface area (Å²) >= 11 is 0. The second-order valence-electron chi connectivity index (χ2n) is 6.23. The fraction of sp³-hybridized carbons (Fsp3) is 0.136. The molecule has 4 heteroatoms. The SMILES string of the molecule is CN(Cc1ccc(F)cc1F)C(=O)Cc1ccc(-c2ccccc2)cc1. The molecule has 0 heterocycles. The number of hydrogen-bond acceptors (Lipinski definition) is 1. The number of hydrogen-bond donors (Lipinski definition) is 0. The van der Waals surface area contributed by atoms with Crippen LogP contribution in [0.2, 0.25) is 0 Å². The fourth-order valence-electron chi connectivity index (χ4n) is 2.75. The minimum atomic E-state index is -0.642. The van der Waals surface area contributed by atoms with Crippen molar-refractivity contribution in [2.75, 3.05) is 7.05 Å². The number of likely N-dealkylation sites (N-methyl/N-ethyl adjacent to an activating group) is 1. The van der Waals surface area contributed by atoms with Crippen LogP contribution in [0.1, 0.15) is 11.1 Å². The first-order chi connectivity index (χ1) is 12.5. The largest absolute Gasteiger partial charge is 0.341 e. The Bertz CT molecular complexity index is 892. The smallest absolute Gasteiger partial charge is 0.227 e. The zero-order valence-electron chi connectivity index (χ0n) is 14.5. The monoisotopic (exact) mass is 351 g/mol. The van der Waals surface area contributed by atoms with Gasteiger partial charge in [-0.1, -0.05) is 60.7 Å². The van der Waals surface area contributed by atoms with Crippen molar-refractivity contribution < 1.29 is 13.6 Å². The number of carbonyl (C=O) groups excluding carboxylic acids is 1. The first-order valence-electron chi connectivity index (χ1n) is 8.35. The zero-order chi connectivity index (χ0) is 18.5. The summed E-state index contributed by atoms with van der Waals surface area (Å²) < 4.78 is 26.7. The average Bonchev–Trinajstić information content (AvgIpc) is 2.65. The van der Waals surface area contributed by atoms with Gasteiger partial charge in [0.2, 0.25) is 5.91 Å². The van der Waals surface area contributed by atoms with E-state index in [2.05, 4.69) is 0 Å². The third-order valence-corrected chi connectivity index (χ3v) is 4.26. The summed E-state index contributed by atoms with van der Waals surface area (Å²) in [5.74, 6) is -1.39. The number of halogens is 2. The van der Waals surface area contributed by atoms with Gasteiger partial charge in [0.25, 0.3) is 0 Å². The minimum Gasteiger partial charge on any atom is -0.341 e. The molecule has 0 radical (unpaired) electrons. The van der Waals surface area contributed by atoms with E-state index in [-0.39, 0.29) is 18.9 Å². The normalized spacial score (nSPS) is 10.6. The van der Waals surface area contributed by atoms with Gasteiger partial charge in [0, 0.05) is 25.2 Å². The van der Waals surface area contributed by atoms with Crippen LogP contribution in [0.25, 0.3) is 11.1 Å². The molecule has 3 aromatic rings. The van der Waals surface area contributed by atoms with Crippen molar-refractivity contribution in [1.29, 1.82) is 0 Å². The van der Waals surface area contributed by atoms with Crippen LogP contribution >= 0.6 is 0 Å². The summed E-state index contributed by atoms with van der Waals surface area (Å²) in [6, 6.07) is 21.2. The Morgan fingerprint density at radius 2 is 1.54 bits per heavy atom. The fourth-order valence-corrected chi connectivity index (χ4v) is 2.75. The lowest BCUT2D eigenvalue weighted by atomic mass is 10.0. The van der Waals surface area contributed by atoms with Gasteiger partial charge in [0.15, 0.2) is 0 Å². The van der Waals surface area contributed by atoms with Crippen molar-refractivity contribution in [3.8, 4) is 11.1 Å². The number of rotatable bonds is 5. The second kappa shape index (κ2) is 7.91. The van der Waals surface area contributed by atoms with Crippen LogP contribution in [-0.4, -0.2) is 17.9 Å². The molecule has 0 aliphatic rings.